The lowest BCUT2D eigenvalue weighted by molar-refractivity contribution is 0.104. The highest BCUT2D eigenvalue weighted by Gasteiger charge is 2.25. The molecule has 43 heavy (non-hydrogen) atoms. The first-order chi connectivity index (χ1) is 20.8. The topological polar surface area (TPSA) is 111 Å². The first-order valence-corrected chi connectivity index (χ1v) is 14.1. The zero-order chi connectivity index (χ0) is 30.8. The standard InChI is InChI=1S/C32H29ClN2O7S/c1-37-22-11-17(12-23(38-2)29(22)41-5)20-15-21(18-13-24(39-3)30(42-6)25(14-18)40-4)35-32-26(20)27(34)31(43-32)28(36)16-7-9-19(33)10-8-16/h7-15H,34H2,1-6H3. The fourth-order valence-electron chi connectivity index (χ4n) is 4.86. The number of thiophene rings is 1. The number of ether oxygens (including phenoxy) is 6. The largest absolute Gasteiger partial charge is 0.493 e. The van der Waals surface area contributed by atoms with Crippen LogP contribution in [0.3, 0.4) is 0 Å². The second-order valence-electron chi connectivity index (χ2n) is 9.24. The van der Waals surface area contributed by atoms with Crippen molar-refractivity contribution in [2.24, 2.45) is 0 Å². The number of pyridine rings is 1. The number of nitrogens with two attached hydrogens (primary N) is 1. The molecule has 0 amide bonds. The summed E-state index contributed by atoms with van der Waals surface area (Å²) in [4.78, 5) is 19.5. The maximum Gasteiger partial charge on any atom is 0.205 e. The molecule has 9 nitrogen and oxygen atoms in total. The molecule has 222 valence electrons. The Bertz CT molecular complexity index is 1790. The van der Waals surface area contributed by atoms with Crippen LogP contribution in [0.2, 0.25) is 5.02 Å². The van der Waals surface area contributed by atoms with Gasteiger partial charge in [-0.1, -0.05) is 11.6 Å². The minimum Gasteiger partial charge on any atom is -0.493 e. The lowest BCUT2D eigenvalue weighted by atomic mass is 9.97. The molecule has 11 heteroatoms. The zero-order valence-electron chi connectivity index (χ0n) is 24.4. The van der Waals surface area contributed by atoms with Crippen LogP contribution >= 0.6 is 22.9 Å². The predicted molar refractivity (Wildman–Crippen MR) is 169 cm³/mol. The van der Waals surface area contributed by atoms with Crippen LogP contribution in [0.15, 0.2) is 54.6 Å². The Hall–Kier alpha value is -4.67. The summed E-state index contributed by atoms with van der Waals surface area (Å²) in [6.07, 6.45) is 0. The van der Waals surface area contributed by atoms with Gasteiger partial charge in [0.2, 0.25) is 17.3 Å². The number of fused-ring (bicyclic) bond motifs is 1. The number of carbonyl (C=O) groups is 1. The molecule has 3 aromatic carbocycles. The molecule has 5 rings (SSSR count). The molecule has 0 bridgehead atoms. The first-order valence-electron chi connectivity index (χ1n) is 12.9. The number of halogens is 1. The van der Waals surface area contributed by atoms with Gasteiger partial charge in [0.15, 0.2) is 23.0 Å². The molecule has 2 heterocycles. The van der Waals surface area contributed by atoms with Crippen LogP contribution in [0, 0.1) is 0 Å². The van der Waals surface area contributed by atoms with E-state index in [9.17, 15) is 4.79 Å². The highest BCUT2D eigenvalue weighted by Crippen LogP contribution is 2.48. The van der Waals surface area contributed by atoms with Crippen LogP contribution in [0.25, 0.3) is 32.6 Å². The molecule has 0 unspecified atom stereocenters. The van der Waals surface area contributed by atoms with Gasteiger partial charge in [-0.3, -0.25) is 4.79 Å². The number of methoxy groups -OCH3 is 6. The summed E-state index contributed by atoms with van der Waals surface area (Å²) in [7, 11) is 9.28. The van der Waals surface area contributed by atoms with Crippen molar-refractivity contribution in [2.45, 2.75) is 0 Å². The molecule has 5 aromatic rings. The number of nitrogens with zero attached hydrogens (tertiary/aromatic N) is 1. The molecule has 2 aromatic heterocycles. The second-order valence-corrected chi connectivity index (χ2v) is 10.7. The van der Waals surface area contributed by atoms with Gasteiger partial charge in [-0.25, -0.2) is 4.98 Å². The Morgan fingerprint density at radius 3 is 1.67 bits per heavy atom. The number of aromatic nitrogens is 1. The molecule has 0 aliphatic heterocycles. The van der Waals surface area contributed by atoms with Gasteiger partial charge < -0.3 is 34.2 Å². The monoisotopic (exact) mass is 620 g/mol. The summed E-state index contributed by atoms with van der Waals surface area (Å²) in [6.45, 7) is 0. The molecule has 2 N–H and O–H groups in total. The summed E-state index contributed by atoms with van der Waals surface area (Å²) in [5.74, 6) is 2.53. The molecule has 0 atom stereocenters. The van der Waals surface area contributed by atoms with Gasteiger partial charge in [-0.05, 0) is 65.7 Å². The molecular formula is C32H29ClN2O7S. The normalized spacial score (nSPS) is 10.9. The van der Waals surface area contributed by atoms with E-state index in [1.165, 1.54) is 11.3 Å². The third-order valence-corrected chi connectivity index (χ3v) is 8.30. The van der Waals surface area contributed by atoms with E-state index in [0.29, 0.717) is 88.2 Å². The van der Waals surface area contributed by atoms with Crippen molar-refractivity contribution in [1.82, 2.24) is 4.98 Å². The fraction of sp³-hybridized carbons (Fsp3) is 0.188. The minimum atomic E-state index is -0.234. The molecule has 0 fully saturated rings. The van der Waals surface area contributed by atoms with E-state index in [2.05, 4.69) is 0 Å². The summed E-state index contributed by atoms with van der Waals surface area (Å²) in [6, 6.07) is 15.8. The van der Waals surface area contributed by atoms with Crippen molar-refractivity contribution in [3.63, 3.8) is 0 Å². The Labute approximate surface area is 257 Å². The first kappa shape index (κ1) is 29.8. The van der Waals surface area contributed by atoms with Gasteiger partial charge in [0.25, 0.3) is 0 Å². The van der Waals surface area contributed by atoms with Crippen molar-refractivity contribution >= 4 is 44.6 Å². The molecule has 0 aliphatic rings. The second kappa shape index (κ2) is 12.3. The molecule has 0 spiro atoms. The van der Waals surface area contributed by atoms with Crippen LogP contribution in [0.4, 0.5) is 5.69 Å². The van der Waals surface area contributed by atoms with Crippen molar-refractivity contribution in [1.29, 1.82) is 0 Å². The average molecular weight is 621 g/mol. The van der Waals surface area contributed by atoms with Crippen LogP contribution in [-0.2, 0) is 0 Å². The molecule has 0 saturated carbocycles. The highest BCUT2D eigenvalue weighted by molar-refractivity contribution is 7.21. The SMILES string of the molecule is COc1cc(-c2cc(-c3cc(OC)c(OC)c(OC)c3)c3c(N)c(C(=O)c4ccc(Cl)cc4)sc3n2)cc(OC)c1OC. The van der Waals surface area contributed by atoms with E-state index in [0.717, 1.165) is 0 Å². The fourth-order valence-corrected chi connectivity index (χ4v) is 6.07. The van der Waals surface area contributed by atoms with Gasteiger partial charge in [0.1, 0.15) is 9.71 Å². The summed E-state index contributed by atoms with van der Waals surface area (Å²) in [5.41, 5.74) is 10.2. The van der Waals surface area contributed by atoms with Crippen LogP contribution in [-0.4, -0.2) is 53.4 Å². The Kier molecular flexibility index (Phi) is 8.52. The Balaban J connectivity index is 1.82. The number of anilines is 1. The minimum absolute atomic E-state index is 0.234. The van der Waals surface area contributed by atoms with Crippen LogP contribution in [0.1, 0.15) is 15.2 Å². The summed E-state index contributed by atoms with van der Waals surface area (Å²) in [5, 5.41) is 1.15. The number of hydrogen-bond donors (Lipinski definition) is 1. The van der Waals surface area contributed by atoms with Crippen molar-refractivity contribution < 1.29 is 33.2 Å². The summed E-state index contributed by atoms with van der Waals surface area (Å²) < 4.78 is 33.5. The number of nitrogen functional groups attached to an aromatic ring is 1. The van der Waals surface area contributed by atoms with E-state index in [4.69, 9.17) is 50.7 Å². The van der Waals surface area contributed by atoms with Gasteiger partial charge in [-0.2, -0.15) is 0 Å². The van der Waals surface area contributed by atoms with E-state index in [1.54, 1.807) is 66.9 Å². The van der Waals surface area contributed by atoms with Gasteiger partial charge in [0.05, 0.1) is 54.0 Å². The van der Waals surface area contributed by atoms with Crippen molar-refractivity contribution in [3.8, 4) is 56.9 Å². The zero-order valence-corrected chi connectivity index (χ0v) is 25.9. The number of hydrogen-bond acceptors (Lipinski definition) is 10. The van der Waals surface area contributed by atoms with Crippen molar-refractivity contribution in [2.75, 3.05) is 48.4 Å². The van der Waals surface area contributed by atoms with E-state index >= 15 is 0 Å². The molecule has 0 saturated heterocycles. The average Bonchev–Trinajstić information content (AvgIpc) is 3.38. The maximum atomic E-state index is 13.6. The number of ketones is 1. The third-order valence-electron chi connectivity index (χ3n) is 6.95. The van der Waals surface area contributed by atoms with Crippen LogP contribution < -0.4 is 34.2 Å². The van der Waals surface area contributed by atoms with E-state index < -0.39 is 0 Å². The van der Waals surface area contributed by atoms with Crippen LogP contribution in [0.5, 0.6) is 34.5 Å². The third kappa shape index (κ3) is 5.35. The quantitative estimate of drug-likeness (QED) is 0.163. The predicted octanol–water partition coefficient (Wildman–Crippen LogP) is 7.15. The molecule has 0 aliphatic carbocycles. The van der Waals surface area contributed by atoms with E-state index in [1.807, 2.05) is 30.3 Å². The van der Waals surface area contributed by atoms with Gasteiger partial charge in [0, 0.05) is 21.5 Å². The Morgan fingerprint density at radius 2 is 1.21 bits per heavy atom. The highest BCUT2D eigenvalue weighted by atomic mass is 35.5. The number of benzene rings is 3. The molecular weight excluding hydrogens is 592 g/mol. The summed E-state index contributed by atoms with van der Waals surface area (Å²) >= 11 is 7.27. The Morgan fingerprint density at radius 1 is 0.721 bits per heavy atom. The van der Waals surface area contributed by atoms with Crippen molar-refractivity contribution in [3.05, 3.63) is 70.1 Å². The lowest BCUT2D eigenvalue weighted by Crippen LogP contribution is -2.02. The van der Waals surface area contributed by atoms with Gasteiger partial charge >= 0.3 is 0 Å². The maximum absolute atomic E-state index is 13.6. The molecule has 0 radical (unpaired) electrons. The number of carbonyl (C=O) groups excluding carboxylic acids is 1. The number of rotatable bonds is 10. The van der Waals surface area contributed by atoms with Gasteiger partial charge in [-0.15, -0.1) is 11.3 Å². The van der Waals surface area contributed by atoms with E-state index in [-0.39, 0.29) is 5.78 Å². The lowest BCUT2D eigenvalue weighted by Gasteiger charge is -2.16. The smallest absolute Gasteiger partial charge is 0.205 e.